The van der Waals surface area contributed by atoms with Crippen molar-refractivity contribution in [2.75, 3.05) is 5.32 Å². The van der Waals surface area contributed by atoms with E-state index in [1.54, 1.807) is 0 Å². The maximum atomic E-state index is 11.9. The number of amides is 1. The molecule has 0 spiro atoms. The van der Waals surface area contributed by atoms with E-state index in [0.29, 0.717) is 11.3 Å². The van der Waals surface area contributed by atoms with Gasteiger partial charge in [-0.05, 0) is 37.6 Å². The number of carbonyl (C=O) groups excluding carboxylic acids is 1. The molecule has 0 fully saturated rings. The normalized spacial score (nSPS) is 10.9. The predicted octanol–water partition coefficient (Wildman–Crippen LogP) is 4.35. The molecule has 0 aliphatic rings. The molecule has 0 aliphatic carbocycles. The summed E-state index contributed by atoms with van der Waals surface area (Å²) in [6.07, 6.45) is 1.51. The Labute approximate surface area is 156 Å². The SMILES string of the molecule is Cc1noc(C)c1-c1ccc2c(Nc3ccccc3)c(C(N)=O)cnc2c1. The van der Waals surface area contributed by atoms with Crippen LogP contribution in [0, 0.1) is 13.8 Å². The lowest BCUT2D eigenvalue weighted by atomic mass is 10.0. The highest BCUT2D eigenvalue weighted by Gasteiger charge is 2.16. The highest BCUT2D eigenvalue weighted by Crippen LogP contribution is 2.33. The molecule has 2 aromatic carbocycles. The number of nitrogens with one attached hydrogen (secondary N) is 1. The van der Waals surface area contributed by atoms with Crippen LogP contribution in [-0.2, 0) is 0 Å². The first-order valence-corrected chi connectivity index (χ1v) is 8.52. The Bertz CT molecular complexity index is 1130. The lowest BCUT2D eigenvalue weighted by molar-refractivity contribution is 0.100. The van der Waals surface area contributed by atoms with E-state index in [-0.39, 0.29) is 0 Å². The number of carbonyl (C=O) groups is 1. The van der Waals surface area contributed by atoms with Crippen LogP contribution in [0.5, 0.6) is 0 Å². The van der Waals surface area contributed by atoms with Gasteiger partial charge in [0, 0.05) is 22.8 Å². The number of primary amides is 1. The molecular formula is C21H18N4O2. The first-order valence-electron chi connectivity index (χ1n) is 8.52. The van der Waals surface area contributed by atoms with Crippen LogP contribution in [0.2, 0.25) is 0 Å². The third kappa shape index (κ3) is 3.01. The molecule has 0 saturated heterocycles. The fourth-order valence-electron chi connectivity index (χ4n) is 3.23. The number of fused-ring (bicyclic) bond motifs is 1. The summed E-state index contributed by atoms with van der Waals surface area (Å²) in [6, 6.07) is 15.5. The summed E-state index contributed by atoms with van der Waals surface area (Å²) in [4.78, 5) is 16.4. The Balaban J connectivity index is 1.89. The quantitative estimate of drug-likeness (QED) is 0.566. The van der Waals surface area contributed by atoms with Crippen molar-refractivity contribution >= 4 is 28.2 Å². The van der Waals surface area contributed by atoms with E-state index >= 15 is 0 Å². The van der Waals surface area contributed by atoms with Gasteiger partial charge in [0.1, 0.15) is 5.76 Å². The van der Waals surface area contributed by atoms with Gasteiger partial charge in [0.15, 0.2) is 0 Å². The molecule has 27 heavy (non-hydrogen) atoms. The minimum Gasteiger partial charge on any atom is -0.365 e. The number of anilines is 2. The number of hydrogen-bond acceptors (Lipinski definition) is 5. The van der Waals surface area contributed by atoms with E-state index in [4.69, 9.17) is 10.3 Å². The molecule has 1 amide bonds. The molecule has 2 aromatic heterocycles. The maximum Gasteiger partial charge on any atom is 0.252 e. The number of hydrogen-bond donors (Lipinski definition) is 2. The molecule has 0 bridgehead atoms. The Morgan fingerprint density at radius 2 is 1.89 bits per heavy atom. The lowest BCUT2D eigenvalue weighted by Gasteiger charge is -2.14. The van der Waals surface area contributed by atoms with Crippen molar-refractivity contribution in [3.8, 4) is 11.1 Å². The third-order valence-electron chi connectivity index (χ3n) is 4.50. The molecule has 0 saturated carbocycles. The van der Waals surface area contributed by atoms with Gasteiger partial charge in [-0.3, -0.25) is 9.78 Å². The minimum absolute atomic E-state index is 0.344. The smallest absolute Gasteiger partial charge is 0.252 e. The van der Waals surface area contributed by atoms with E-state index in [1.807, 2.05) is 62.4 Å². The number of nitrogens with two attached hydrogens (primary N) is 1. The average molecular weight is 358 g/mol. The van der Waals surface area contributed by atoms with E-state index < -0.39 is 5.91 Å². The van der Waals surface area contributed by atoms with Crippen LogP contribution in [0.1, 0.15) is 21.8 Å². The number of benzene rings is 2. The number of nitrogens with zero attached hydrogens (tertiary/aromatic N) is 2. The van der Waals surface area contributed by atoms with Crippen LogP contribution < -0.4 is 11.1 Å². The molecule has 0 radical (unpaired) electrons. The lowest BCUT2D eigenvalue weighted by Crippen LogP contribution is -2.14. The Hall–Kier alpha value is -3.67. The molecule has 2 heterocycles. The van der Waals surface area contributed by atoms with Crippen molar-refractivity contribution in [2.45, 2.75) is 13.8 Å². The molecule has 0 unspecified atom stereocenters. The van der Waals surface area contributed by atoms with Crippen LogP contribution in [0.25, 0.3) is 22.0 Å². The summed E-state index contributed by atoms with van der Waals surface area (Å²) in [5.41, 5.74) is 10.9. The zero-order chi connectivity index (χ0) is 19.0. The van der Waals surface area contributed by atoms with Gasteiger partial charge in [0.2, 0.25) is 0 Å². The zero-order valence-electron chi connectivity index (χ0n) is 15.0. The van der Waals surface area contributed by atoms with Gasteiger partial charge in [0.25, 0.3) is 5.91 Å². The van der Waals surface area contributed by atoms with Crippen molar-refractivity contribution in [3.05, 3.63) is 71.7 Å². The number of pyridine rings is 1. The molecule has 6 nitrogen and oxygen atoms in total. The standard InChI is InChI=1S/C21H18N4O2/c1-12-19(13(2)27-25-12)14-8-9-16-18(10-14)23-11-17(21(22)26)20(16)24-15-6-4-3-5-7-15/h3-11H,1-2H3,(H2,22,26)(H,23,24). The van der Waals surface area contributed by atoms with Crippen molar-refractivity contribution < 1.29 is 9.32 Å². The van der Waals surface area contributed by atoms with Gasteiger partial charge in [-0.15, -0.1) is 0 Å². The van der Waals surface area contributed by atoms with Gasteiger partial charge in [-0.1, -0.05) is 35.5 Å². The van der Waals surface area contributed by atoms with Crippen LogP contribution in [0.15, 0.2) is 59.3 Å². The fourth-order valence-corrected chi connectivity index (χ4v) is 3.23. The second kappa shape index (κ2) is 6.57. The van der Waals surface area contributed by atoms with Gasteiger partial charge < -0.3 is 15.6 Å². The van der Waals surface area contributed by atoms with Gasteiger partial charge >= 0.3 is 0 Å². The summed E-state index contributed by atoms with van der Waals surface area (Å²) in [5, 5.41) is 8.13. The van der Waals surface area contributed by atoms with Crippen LogP contribution in [0.4, 0.5) is 11.4 Å². The Morgan fingerprint density at radius 3 is 2.56 bits per heavy atom. The summed E-state index contributed by atoms with van der Waals surface area (Å²) >= 11 is 0. The molecule has 134 valence electrons. The highest BCUT2D eigenvalue weighted by molar-refractivity contribution is 6.08. The summed E-state index contributed by atoms with van der Waals surface area (Å²) < 4.78 is 5.27. The molecule has 4 rings (SSSR count). The number of rotatable bonds is 4. The monoisotopic (exact) mass is 358 g/mol. The molecular weight excluding hydrogens is 340 g/mol. The third-order valence-corrected chi connectivity index (χ3v) is 4.50. The predicted molar refractivity (Wildman–Crippen MR) is 105 cm³/mol. The fraction of sp³-hybridized carbons (Fsp3) is 0.0952. The van der Waals surface area contributed by atoms with E-state index in [9.17, 15) is 4.79 Å². The van der Waals surface area contributed by atoms with Crippen molar-refractivity contribution in [1.82, 2.24) is 10.1 Å². The maximum absolute atomic E-state index is 11.9. The number of para-hydroxylation sites is 1. The zero-order valence-corrected chi connectivity index (χ0v) is 15.0. The molecule has 0 atom stereocenters. The second-order valence-electron chi connectivity index (χ2n) is 6.33. The second-order valence-corrected chi connectivity index (χ2v) is 6.33. The first kappa shape index (κ1) is 16.8. The Morgan fingerprint density at radius 1 is 1.11 bits per heavy atom. The number of aromatic nitrogens is 2. The van der Waals surface area contributed by atoms with Gasteiger partial charge in [0.05, 0.1) is 22.5 Å². The summed E-state index contributed by atoms with van der Waals surface area (Å²) in [5.74, 6) is 0.223. The van der Waals surface area contributed by atoms with Crippen LogP contribution >= 0.6 is 0 Å². The highest BCUT2D eigenvalue weighted by atomic mass is 16.5. The van der Waals surface area contributed by atoms with Crippen molar-refractivity contribution in [2.24, 2.45) is 5.73 Å². The Kier molecular flexibility index (Phi) is 4.08. The minimum atomic E-state index is -0.530. The molecule has 4 aromatic rings. The first-order chi connectivity index (χ1) is 13.0. The van der Waals surface area contributed by atoms with Crippen LogP contribution in [-0.4, -0.2) is 16.0 Å². The summed E-state index contributed by atoms with van der Waals surface area (Å²) in [7, 11) is 0. The average Bonchev–Trinajstić information content (AvgIpc) is 3.00. The van der Waals surface area contributed by atoms with Crippen LogP contribution in [0.3, 0.4) is 0 Å². The van der Waals surface area contributed by atoms with E-state index in [1.165, 1.54) is 6.20 Å². The summed E-state index contributed by atoms with van der Waals surface area (Å²) in [6.45, 7) is 3.79. The molecule has 0 aliphatic heterocycles. The van der Waals surface area contributed by atoms with Gasteiger partial charge in [-0.2, -0.15) is 0 Å². The van der Waals surface area contributed by atoms with Crippen molar-refractivity contribution in [3.63, 3.8) is 0 Å². The topological polar surface area (TPSA) is 94.0 Å². The largest absolute Gasteiger partial charge is 0.365 e. The molecule has 6 heteroatoms. The van der Waals surface area contributed by atoms with E-state index in [2.05, 4.69) is 15.5 Å². The molecule has 3 N–H and O–H groups in total. The number of aryl methyl sites for hydroxylation is 2. The van der Waals surface area contributed by atoms with Gasteiger partial charge in [-0.25, -0.2) is 0 Å². The van der Waals surface area contributed by atoms with E-state index in [0.717, 1.165) is 39.2 Å². The van der Waals surface area contributed by atoms with Crippen molar-refractivity contribution in [1.29, 1.82) is 0 Å².